The number of halogens is 4. The van der Waals surface area contributed by atoms with Gasteiger partial charge in [-0.05, 0) is 38.0 Å². The third kappa shape index (κ3) is 4.27. The van der Waals surface area contributed by atoms with E-state index in [9.17, 15) is 18.0 Å². The SMILES string of the molecule is CCOC1CCN(c2cnn(-c3cccc(C(F)(F)F)c3)c(=O)c2Cl)CC1. The Labute approximate surface area is 159 Å². The molecular formula is C18H19ClF3N3O2. The number of hydrogen-bond donors (Lipinski definition) is 0. The van der Waals surface area contributed by atoms with Gasteiger partial charge in [-0.3, -0.25) is 4.79 Å². The highest BCUT2D eigenvalue weighted by atomic mass is 35.5. The van der Waals surface area contributed by atoms with E-state index < -0.39 is 17.3 Å². The summed E-state index contributed by atoms with van der Waals surface area (Å²) in [6.45, 7) is 3.93. The standard InChI is InChI=1S/C18H19ClF3N3O2/c1-2-27-14-6-8-24(9-7-14)15-11-23-25(17(26)16(15)19)13-5-3-4-12(10-13)18(20,21)22/h3-5,10-11,14H,2,6-9H2,1H3. The van der Waals surface area contributed by atoms with Crippen molar-refractivity contribution >= 4 is 17.3 Å². The molecule has 1 aliphatic heterocycles. The second-order valence-corrected chi connectivity index (χ2v) is 6.63. The summed E-state index contributed by atoms with van der Waals surface area (Å²) in [5.74, 6) is 0. The summed E-state index contributed by atoms with van der Waals surface area (Å²) in [6, 6.07) is 4.42. The van der Waals surface area contributed by atoms with Crippen LogP contribution in [0.1, 0.15) is 25.3 Å². The Morgan fingerprint density at radius 2 is 2.00 bits per heavy atom. The Hall–Kier alpha value is -2.06. The molecule has 2 aromatic rings. The highest BCUT2D eigenvalue weighted by Gasteiger charge is 2.31. The van der Waals surface area contributed by atoms with Crippen LogP contribution in [0.25, 0.3) is 5.69 Å². The predicted molar refractivity (Wildman–Crippen MR) is 96.7 cm³/mol. The number of alkyl halides is 3. The van der Waals surface area contributed by atoms with E-state index in [-0.39, 0.29) is 16.8 Å². The quantitative estimate of drug-likeness (QED) is 0.779. The number of benzene rings is 1. The van der Waals surface area contributed by atoms with Gasteiger partial charge in [0.1, 0.15) is 5.02 Å². The highest BCUT2D eigenvalue weighted by Crippen LogP contribution is 2.30. The molecule has 27 heavy (non-hydrogen) atoms. The van der Waals surface area contributed by atoms with E-state index in [4.69, 9.17) is 16.3 Å². The van der Waals surface area contributed by atoms with Crippen molar-refractivity contribution in [2.75, 3.05) is 24.6 Å². The number of ether oxygens (including phenoxy) is 1. The van der Waals surface area contributed by atoms with E-state index in [1.165, 1.54) is 18.3 Å². The minimum Gasteiger partial charge on any atom is -0.378 e. The maximum Gasteiger partial charge on any atom is 0.416 e. The van der Waals surface area contributed by atoms with Crippen LogP contribution in [0.5, 0.6) is 0 Å². The fraction of sp³-hybridized carbons (Fsp3) is 0.444. The van der Waals surface area contributed by atoms with Gasteiger partial charge >= 0.3 is 6.18 Å². The van der Waals surface area contributed by atoms with Crippen molar-refractivity contribution in [3.8, 4) is 5.69 Å². The highest BCUT2D eigenvalue weighted by molar-refractivity contribution is 6.33. The molecule has 1 aromatic heterocycles. The number of anilines is 1. The first-order valence-corrected chi connectivity index (χ1v) is 9.01. The van der Waals surface area contributed by atoms with E-state index in [1.807, 2.05) is 11.8 Å². The molecule has 3 rings (SSSR count). The number of hydrogen-bond acceptors (Lipinski definition) is 4. The van der Waals surface area contributed by atoms with Crippen molar-refractivity contribution in [3.63, 3.8) is 0 Å². The van der Waals surface area contributed by atoms with E-state index in [2.05, 4.69) is 5.10 Å². The van der Waals surface area contributed by atoms with Gasteiger partial charge < -0.3 is 9.64 Å². The van der Waals surface area contributed by atoms with Gasteiger partial charge in [0.05, 0.1) is 29.2 Å². The lowest BCUT2D eigenvalue weighted by Gasteiger charge is -2.33. The molecule has 0 atom stereocenters. The molecule has 0 unspecified atom stereocenters. The lowest BCUT2D eigenvalue weighted by atomic mass is 10.1. The summed E-state index contributed by atoms with van der Waals surface area (Å²) in [6.07, 6.45) is -1.29. The molecule has 1 saturated heterocycles. The van der Waals surface area contributed by atoms with Crippen LogP contribution in [0.2, 0.25) is 5.02 Å². The molecule has 0 amide bonds. The van der Waals surface area contributed by atoms with E-state index >= 15 is 0 Å². The Bertz CT molecular complexity index is 862. The van der Waals surface area contributed by atoms with Crippen LogP contribution in [0.15, 0.2) is 35.3 Å². The summed E-state index contributed by atoms with van der Waals surface area (Å²) in [7, 11) is 0. The smallest absolute Gasteiger partial charge is 0.378 e. The fourth-order valence-corrected chi connectivity index (χ4v) is 3.39. The van der Waals surface area contributed by atoms with Gasteiger partial charge in [0.15, 0.2) is 0 Å². The molecule has 0 radical (unpaired) electrons. The number of rotatable bonds is 4. The van der Waals surface area contributed by atoms with Crippen LogP contribution < -0.4 is 10.5 Å². The number of nitrogens with zero attached hydrogens (tertiary/aromatic N) is 3. The molecule has 0 saturated carbocycles. The Kier molecular flexibility index (Phi) is 5.76. The lowest BCUT2D eigenvalue weighted by Crippen LogP contribution is -2.38. The predicted octanol–water partition coefficient (Wildman–Crippen LogP) is 3.91. The van der Waals surface area contributed by atoms with Gasteiger partial charge in [-0.25, -0.2) is 0 Å². The third-order valence-corrected chi connectivity index (χ3v) is 4.86. The summed E-state index contributed by atoms with van der Waals surface area (Å²) in [4.78, 5) is 14.5. The van der Waals surface area contributed by atoms with Gasteiger partial charge in [0, 0.05) is 19.7 Å². The lowest BCUT2D eigenvalue weighted by molar-refractivity contribution is -0.137. The summed E-state index contributed by atoms with van der Waals surface area (Å²) < 4.78 is 45.2. The number of piperidine rings is 1. The molecule has 0 bridgehead atoms. The van der Waals surface area contributed by atoms with E-state index in [1.54, 1.807) is 0 Å². The van der Waals surface area contributed by atoms with Gasteiger partial charge in [-0.1, -0.05) is 17.7 Å². The van der Waals surface area contributed by atoms with E-state index in [0.29, 0.717) is 25.4 Å². The summed E-state index contributed by atoms with van der Waals surface area (Å²) in [5.41, 5.74) is -1.01. The van der Waals surface area contributed by atoms with E-state index in [0.717, 1.165) is 29.7 Å². The van der Waals surface area contributed by atoms with Crippen LogP contribution in [0.3, 0.4) is 0 Å². The Morgan fingerprint density at radius 1 is 1.30 bits per heavy atom. The third-order valence-electron chi connectivity index (χ3n) is 4.50. The molecule has 0 aliphatic carbocycles. The van der Waals surface area contributed by atoms with Crippen LogP contribution in [-0.4, -0.2) is 35.6 Å². The molecule has 0 spiro atoms. The minimum absolute atomic E-state index is 0.0123. The largest absolute Gasteiger partial charge is 0.416 e. The van der Waals surface area contributed by atoms with Crippen molar-refractivity contribution in [1.29, 1.82) is 0 Å². The average Bonchev–Trinajstić information content (AvgIpc) is 2.64. The number of aromatic nitrogens is 2. The monoisotopic (exact) mass is 401 g/mol. The molecule has 2 heterocycles. The first-order valence-electron chi connectivity index (χ1n) is 8.63. The minimum atomic E-state index is -4.51. The van der Waals surface area contributed by atoms with Crippen molar-refractivity contribution < 1.29 is 17.9 Å². The first-order chi connectivity index (χ1) is 12.8. The van der Waals surface area contributed by atoms with Crippen LogP contribution in [0.4, 0.5) is 18.9 Å². The van der Waals surface area contributed by atoms with Crippen molar-refractivity contribution in [2.24, 2.45) is 0 Å². The van der Waals surface area contributed by atoms with Crippen molar-refractivity contribution in [2.45, 2.75) is 32.0 Å². The van der Waals surface area contributed by atoms with Crippen LogP contribution in [0, 0.1) is 0 Å². The Balaban J connectivity index is 1.87. The zero-order valence-corrected chi connectivity index (χ0v) is 15.4. The van der Waals surface area contributed by atoms with Crippen molar-refractivity contribution in [3.05, 3.63) is 51.4 Å². The maximum atomic E-state index is 12.9. The van der Waals surface area contributed by atoms with Gasteiger partial charge in [0.2, 0.25) is 0 Å². The maximum absolute atomic E-state index is 12.9. The Morgan fingerprint density at radius 3 is 2.63 bits per heavy atom. The summed E-state index contributed by atoms with van der Waals surface area (Å²) in [5, 5.41) is 3.98. The van der Waals surface area contributed by atoms with Crippen LogP contribution in [-0.2, 0) is 10.9 Å². The van der Waals surface area contributed by atoms with Crippen molar-refractivity contribution in [1.82, 2.24) is 9.78 Å². The average molecular weight is 402 g/mol. The molecule has 146 valence electrons. The molecule has 1 aromatic carbocycles. The fourth-order valence-electron chi connectivity index (χ4n) is 3.14. The molecule has 9 heteroatoms. The first kappa shape index (κ1) is 19.7. The van der Waals surface area contributed by atoms with Gasteiger partial charge in [-0.2, -0.15) is 23.0 Å². The second kappa shape index (κ2) is 7.90. The zero-order chi connectivity index (χ0) is 19.6. The zero-order valence-electron chi connectivity index (χ0n) is 14.7. The van der Waals surface area contributed by atoms with Crippen LogP contribution >= 0.6 is 11.6 Å². The molecule has 1 aliphatic rings. The molecule has 0 N–H and O–H groups in total. The molecule has 5 nitrogen and oxygen atoms in total. The molecule has 1 fully saturated rings. The topological polar surface area (TPSA) is 47.4 Å². The van der Waals surface area contributed by atoms with Gasteiger partial charge in [-0.15, -0.1) is 0 Å². The second-order valence-electron chi connectivity index (χ2n) is 6.25. The normalized spacial score (nSPS) is 16.0. The molecular weight excluding hydrogens is 383 g/mol. The van der Waals surface area contributed by atoms with Gasteiger partial charge in [0.25, 0.3) is 5.56 Å². The summed E-state index contributed by atoms with van der Waals surface area (Å²) >= 11 is 6.24.